The summed E-state index contributed by atoms with van der Waals surface area (Å²) in [6, 6.07) is 4.22. The second-order valence-electron chi connectivity index (χ2n) is 6.76. The van der Waals surface area contributed by atoms with E-state index in [0.717, 1.165) is 11.3 Å². The van der Waals surface area contributed by atoms with Gasteiger partial charge in [-0.2, -0.15) is 0 Å². The largest absolute Gasteiger partial charge is 0.485 e. The number of aryl methyl sites for hydroxylation is 2. The van der Waals surface area contributed by atoms with Crippen LogP contribution in [0.5, 0.6) is 5.75 Å². The van der Waals surface area contributed by atoms with Crippen molar-refractivity contribution in [3.63, 3.8) is 0 Å². The maximum atomic E-state index is 10.9. The van der Waals surface area contributed by atoms with Gasteiger partial charge in [-0.05, 0) is 51.8 Å². The molecule has 2 nitrogen and oxygen atoms in total. The van der Waals surface area contributed by atoms with Crippen LogP contribution in [0.1, 0.15) is 51.3 Å². The fraction of sp³-hybridized carbons (Fsp3) is 0.625. The number of ether oxygens (including phenoxy) is 1. The first kappa shape index (κ1) is 13.4. The molecule has 18 heavy (non-hydrogen) atoms. The van der Waals surface area contributed by atoms with Crippen molar-refractivity contribution in [3.05, 3.63) is 28.8 Å². The quantitative estimate of drug-likeness (QED) is 0.761. The second kappa shape index (κ2) is 3.51. The van der Waals surface area contributed by atoms with E-state index < -0.39 is 11.2 Å². The summed E-state index contributed by atoms with van der Waals surface area (Å²) >= 11 is 0. The summed E-state index contributed by atoms with van der Waals surface area (Å²) in [5, 5.41) is 10.9. The second-order valence-corrected chi connectivity index (χ2v) is 6.76. The average molecular weight is 248 g/mol. The zero-order chi connectivity index (χ0) is 13.9. The van der Waals surface area contributed by atoms with Crippen molar-refractivity contribution >= 4 is 0 Å². The van der Waals surface area contributed by atoms with Crippen LogP contribution in [-0.4, -0.2) is 16.3 Å². The van der Waals surface area contributed by atoms with E-state index in [1.165, 1.54) is 11.1 Å². The first-order valence-corrected chi connectivity index (χ1v) is 6.54. The highest BCUT2D eigenvalue weighted by molar-refractivity contribution is 5.51. The van der Waals surface area contributed by atoms with Crippen molar-refractivity contribution in [1.82, 2.24) is 0 Å². The van der Waals surface area contributed by atoms with Crippen LogP contribution in [0.3, 0.4) is 0 Å². The summed E-state index contributed by atoms with van der Waals surface area (Å²) in [5.41, 5.74) is 1.63. The first-order valence-electron chi connectivity index (χ1n) is 6.54. The molecular weight excluding hydrogens is 224 g/mol. The van der Waals surface area contributed by atoms with Crippen molar-refractivity contribution in [2.45, 2.75) is 65.1 Å². The molecule has 1 N–H and O–H groups in total. The van der Waals surface area contributed by atoms with E-state index in [9.17, 15) is 5.11 Å². The fourth-order valence-electron chi connectivity index (χ4n) is 3.18. The van der Waals surface area contributed by atoms with E-state index in [1.807, 2.05) is 20.8 Å². The monoisotopic (exact) mass is 248 g/mol. The summed E-state index contributed by atoms with van der Waals surface area (Å²) in [6.07, 6.45) is 0. The van der Waals surface area contributed by atoms with Crippen molar-refractivity contribution in [3.8, 4) is 5.75 Å². The predicted molar refractivity (Wildman–Crippen MR) is 74.3 cm³/mol. The zero-order valence-electron chi connectivity index (χ0n) is 12.5. The predicted octanol–water partition coefficient (Wildman–Crippen LogP) is 3.50. The minimum atomic E-state index is -0.924. The van der Waals surface area contributed by atoms with Gasteiger partial charge in [-0.3, -0.25) is 0 Å². The van der Waals surface area contributed by atoms with E-state index in [-0.39, 0.29) is 5.41 Å². The standard InChI is InChI=1S/C16H24O2/c1-10-8-11(2)13-12(9-10)18-15(5,6)16(7,17)14(13,3)4/h8-9,17H,1-7H3. The van der Waals surface area contributed by atoms with Gasteiger partial charge in [-0.15, -0.1) is 0 Å². The molecule has 1 unspecified atom stereocenters. The topological polar surface area (TPSA) is 29.5 Å². The number of fused-ring (bicyclic) bond motifs is 1. The number of aliphatic hydroxyl groups is 1. The Morgan fingerprint density at radius 2 is 1.56 bits per heavy atom. The fourth-order valence-corrected chi connectivity index (χ4v) is 3.18. The van der Waals surface area contributed by atoms with Crippen LogP contribution >= 0.6 is 0 Å². The minimum absolute atomic E-state index is 0.345. The van der Waals surface area contributed by atoms with E-state index >= 15 is 0 Å². The summed E-state index contributed by atoms with van der Waals surface area (Å²) in [7, 11) is 0. The van der Waals surface area contributed by atoms with Gasteiger partial charge in [0.2, 0.25) is 0 Å². The highest BCUT2D eigenvalue weighted by Crippen LogP contribution is 2.52. The van der Waals surface area contributed by atoms with Gasteiger partial charge in [0.05, 0.1) is 0 Å². The molecule has 0 saturated carbocycles. The smallest absolute Gasteiger partial charge is 0.133 e. The molecule has 0 radical (unpaired) electrons. The highest BCUT2D eigenvalue weighted by Gasteiger charge is 2.57. The van der Waals surface area contributed by atoms with Gasteiger partial charge >= 0.3 is 0 Å². The van der Waals surface area contributed by atoms with E-state index in [4.69, 9.17) is 4.74 Å². The van der Waals surface area contributed by atoms with Gasteiger partial charge in [-0.25, -0.2) is 0 Å². The Morgan fingerprint density at radius 1 is 1.00 bits per heavy atom. The third-order valence-electron chi connectivity index (χ3n) is 4.82. The van der Waals surface area contributed by atoms with E-state index in [2.05, 4.69) is 39.8 Å². The van der Waals surface area contributed by atoms with Crippen LogP contribution in [0.25, 0.3) is 0 Å². The lowest BCUT2D eigenvalue weighted by atomic mass is 9.61. The van der Waals surface area contributed by atoms with E-state index in [1.54, 1.807) is 0 Å². The molecule has 2 rings (SSSR count). The third-order valence-corrected chi connectivity index (χ3v) is 4.82. The zero-order valence-corrected chi connectivity index (χ0v) is 12.5. The van der Waals surface area contributed by atoms with Gasteiger partial charge in [0.15, 0.2) is 0 Å². The Hall–Kier alpha value is -1.02. The van der Waals surface area contributed by atoms with Gasteiger partial charge in [-0.1, -0.05) is 19.9 Å². The molecule has 1 aromatic rings. The van der Waals surface area contributed by atoms with Gasteiger partial charge in [0.25, 0.3) is 0 Å². The van der Waals surface area contributed by atoms with Crippen molar-refractivity contribution < 1.29 is 9.84 Å². The lowest BCUT2D eigenvalue weighted by molar-refractivity contribution is -0.157. The van der Waals surface area contributed by atoms with Crippen LogP contribution < -0.4 is 4.74 Å². The molecule has 0 spiro atoms. The van der Waals surface area contributed by atoms with Crippen molar-refractivity contribution in [2.75, 3.05) is 0 Å². The third kappa shape index (κ3) is 1.51. The lowest BCUT2D eigenvalue weighted by Crippen LogP contribution is -2.65. The first-order chi connectivity index (χ1) is 8.00. The van der Waals surface area contributed by atoms with Crippen molar-refractivity contribution in [1.29, 1.82) is 0 Å². The van der Waals surface area contributed by atoms with Crippen LogP contribution in [0, 0.1) is 13.8 Å². The molecule has 0 aromatic heterocycles. The molecule has 100 valence electrons. The lowest BCUT2D eigenvalue weighted by Gasteiger charge is -2.54. The molecule has 1 aliphatic rings. The van der Waals surface area contributed by atoms with Crippen LogP contribution in [0.4, 0.5) is 0 Å². The molecule has 1 atom stereocenters. The average Bonchev–Trinajstić information content (AvgIpc) is 2.12. The molecule has 2 heteroatoms. The maximum Gasteiger partial charge on any atom is 0.133 e. The Morgan fingerprint density at radius 3 is 2.11 bits per heavy atom. The molecular formula is C16H24O2. The van der Waals surface area contributed by atoms with Gasteiger partial charge in [0.1, 0.15) is 17.0 Å². The Labute approximate surface area is 110 Å². The molecule has 0 fully saturated rings. The minimum Gasteiger partial charge on any atom is -0.485 e. The van der Waals surface area contributed by atoms with Crippen LogP contribution in [0.15, 0.2) is 12.1 Å². The number of benzene rings is 1. The molecule has 0 bridgehead atoms. The summed E-state index contributed by atoms with van der Waals surface area (Å²) < 4.78 is 6.08. The van der Waals surface area contributed by atoms with Crippen LogP contribution in [0.2, 0.25) is 0 Å². The van der Waals surface area contributed by atoms with E-state index in [0.29, 0.717) is 0 Å². The van der Waals surface area contributed by atoms with Gasteiger partial charge < -0.3 is 9.84 Å². The Kier molecular flexibility index (Phi) is 2.61. The Balaban J connectivity index is 2.77. The number of rotatable bonds is 0. The maximum absolute atomic E-state index is 10.9. The highest BCUT2D eigenvalue weighted by atomic mass is 16.5. The number of hydrogen-bond donors (Lipinski definition) is 1. The summed E-state index contributed by atoms with van der Waals surface area (Å²) in [6.45, 7) is 14.1. The Bertz CT molecular complexity index is 496. The molecule has 0 aliphatic carbocycles. The summed E-state index contributed by atoms with van der Waals surface area (Å²) in [4.78, 5) is 0. The molecule has 1 aliphatic heterocycles. The molecule has 1 heterocycles. The number of hydrogen-bond acceptors (Lipinski definition) is 2. The summed E-state index contributed by atoms with van der Waals surface area (Å²) in [5.74, 6) is 0.911. The normalized spacial score (nSPS) is 28.4. The van der Waals surface area contributed by atoms with Gasteiger partial charge in [0, 0.05) is 11.0 Å². The van der Waals surface area contributed by atoms with Crippen molar-refractivity contribution in [2.24, 2.45) is 0 Å². The molecule has 0 saturated heterocycles. The molecule has 1 aromatic carbocycles. The van der Waals surface area contributed by atoms with Crippen LogP contribution in [-0.2, 0) is 5.41 Å². The molecule has 0 amide bonds. The SMILES string of the molecule is Cc1cc(C)c2c(c1)OC(C)(C)C(C)(O)C2(C)C.